The van der Waals surface area contributed by atoms with Crippen LogP contribution in [-0.2, 0) is 10.0 Å². The predicted molar refractivity (Wildman–Crippen MR) is 105 cm³/mol. The fourth-order valence-corrected chi connectivity index (χ4v) is 4.02. The molecule has 2 rings (SSSR count). The van der Waals surface area contributed by atoms with Gasteiger partial charge in [0.2, 0.25) is 0 Å². The van der Waals surface area contributed by atoms with Crippen LogP contribution in [0.15, 0.2) is 51.8 Å². The van der Waals surface area contributed by atoms with Gasteiger partial charge in [-0.25, -0.2) is 8.42 Å². The quantitative estimate of drug-likeness (QED) is 0.685. The Bertz CT molecular complexity index is 900. The Balaban J connectivity index is 2.40. The lowest BCUT2D eigenvalue weighted by Crippen LogP contribution is -2.32. The summed E-state index contributed by atoms with van der Waals surface area (Å²) in [7, 11) is -2.56. The molecule has 0 saturated carbocycles. The molecule has 0 aliphatic carbocycles. The topological polar surface area (TPSA) is 84.5 Å². The average molecular weight is 441 g/mol. The van der Waals surface area contributed by atoms with Crippen LogP contribution in [0.5, 0.6) is 5.75 Å². The SMILES string of the molecule is CC[C@H](C)NC(=O)c1ccccc1NS(=O)(=O)c1cc(Br)ccc1OC. The number of rotatable bonds is 7. The van der Waals surface area contributed by atoms with Crippen molar-refractivity contribution in [3.8, 4) is 5.75 Å². The highest BCUT2D eigenvalue weighted by molar-refractivity contribution is 9.10. The van der Waals surface area contributed by atoms with E-state index in [1.165, 1.54) is 13.2 Å². The van der Waals surface area contributed by atoms with Crippen LogP contribution in [0.25, 0.3) is 0 Å². The van der Waals surface area contributed by atoms with Gasteiger partial charge in [-0.15, -0.1) is 0 Å². The molecule has 1 atom stereocenters. The van der Waals surface area contributed by atoms with E-state index in [2.05, 4.69) is 26.0 Å². The van der Waals surface area contributed by atoms with E-state index in [1.807, 2.05) is 13.8 Å². The number of amides is 1. The molecule has 6 nitrogen and oxygen atoms in total. The Morgan fingerprint density at radius 1 is 1.23 bits per heavy atom. The van der Waals surface area contributed by atoms with E-state index in [0.717, 1.165) is 6.42 Å². The Hall–Kier alpha value is -2.06. The van der Waals surface area contributed by atoms with Gasteiger partial charge >= 0.3 is 0 Å². The zero-order valence-electron chi connectivity index (χ0n) is 14.7. The third-order valence-electron chi connectivity index (χ3n) is 3.82. The number of sulfonamides is 1. The predicted octanol–water partition coefficient (Wildman–Crippen LogP) is 3.79. The highest BCUT2D eigenvalue weighted by Crippen LogP contribution is 2.29. The minimum absolute atomic E-state index is 0.0164. The molecule has 2 aromatic rings. The minimum atomic E-state index is -3.95. The number of benzene rings is 2. The molecular weight excluding hydrogens is 420 g/mol. The molecule has 8 heteroatoms. The molecule has 0 heterocycles. The maximum atomic E-state index is 12.8. The molecule has 0 spiro atoms. The zero-order valence-corrected chi connectivity index (χ0v) is 17.1. The van der Waals surface area contributed by atoms with Gasteiger partial charge in [-0.2, -0.15) is 0 Å². The number of methoxy groups -OCH3 is 1. The van der Waals surface area contributed by atoms with Gasteiger partial charge in [0.1, 0.15) is 10.6 Å². The van der Waals surface area contributed by atoms with Crippen LogP contribution in [-0.4, -0.2) is 27.5 Å². The van der Waals surface area contributed by atoms with Crippen molar-refractivity contribution in [2.75, 3.05) is 11.8 Å². The van der Waals surface area contributed by atoms with E-state index < -0.39 is 10.0 Å². The maximum Gasteiger partial charge on any atom is 0.265 e. The van der Waals surface area contributed by atoms with Gasteiger partial charge < -0.3 is 10.1 Å². The van der Waals surface area contributed by atoms with Gasteiger partial charge in [0, 0.05) is 10.5 Å². The van der Waals surface area contributed by atoms with Crippen molar-refractivity contribution in [3.63, 3.8) is 0 Å². The highest BCUT2D eigenvalue weighted by atomic mass is 79.9. The number of carbonyl (C=O) groups excluding carboxylic acids is 1. The van der Waals surface area contributed by atoms with E-state index in [0.29, 0.717) is 4.47 Å². The molecule has 2 aromatic carbocycles. The second-order valence-electron chi connectivity index (χ2n) is 5.73. The van der Waals surface area contributed by atoms with E-state index in [1.54, 1.807) is 36.4 Å². The van der Waals surface area contributed by atoms with Crippen LogP contribution >= 0.6 is 15.9 Å². The van der Waals surface area contributed by atoms with Gasteiger partial charge in [0.25, 0.3) is 15.9 Å². The van der Waals surface area contributed by atoms with E-state index in [9.17, 15) is 13.2 Å². The van der Waals surface area contributed by atoms with E-state index in [4.69, 9.17) is 4.74 Å². The maximum absolute atomic E-state index is 12.8. The fraction of sp³-hybridized carbons (Fsp3) is 0.278. The normalized spacial score (nSPS) is 12.3. The molecule has 0 fully saturated rings. The highest BCUT2D eigenvalue weighted by Gasteiger charge is 2.23. The number of hydrogen-bond acceptors (Lipinski definition) is 4. The summed E-state index contributed by atoms with van der Waals surface area (Å²) in [5.74, 6) is -0.124. The first-order valence-electron chi connectivity index (χ1n) is 8.04. The molecule has 26 heavy (non-hydrogen) atoms. The van der Waals surface area contributed by atoms with E-state index in [-0.39, 0.29) is 33.8 Å². The first kappa shape index (κ1) is 20.3. The lowest BCUT2D eigenvalue weighted by atomic mass is 10.1. The molecular formula is C18H21BrN2O4S. The van der Waals surface area contributed by atoms with Crippen LogP contribution < -0.4 is 14.8 Å². The summed E-state index contributed by atoms with van der Waals surface area (Å²) >= 11 is 3.26. The number of anilines is 1. The molecule has 1 amide bonds. The van der Waals surface area contributed by atoms with Gasteiger partial charge in [-0.3, -0.25) is 9.52 Å². The van der Waals surface area contributed by atoms with Gasteiger partial charge in [-0.1, -0.05) is 35.0 Å². The van der Waals surface area contributed by atoms with Crippen LogP contribution in [0.3, 0.4) is 0 Å². The molecule has 0 aliphatic rings. The zero-order chi connectivity index (χ0) is 19.3. The second-order valence-corrected chi connectivity index (χ2v) is 8.30. The number of nitrogens with one attached hydrogen (secondary N) is 2. The second kappa shape index (κ2) is 8.55. The Labute approximate surface area is 162 Å². The monoisotopic (exact) mass is 440 g/mol. The van der Waals surface area contributed by atoms with Crippen molar-refractivity contribution in [3.05, 3.63) is 52.5 Å². The van der Waals surface area contributed by atoms with Crippen molar-refractivity contribution in [2.45, 2.75) is 31.2 Å². The summed E-state index contributed by atoms with van der Waals surface area (Å²) in [6, 6.07) is 11.1. The lowest BCUT2D eigenvalue weighted by Gasteiger charge is -2.16. The molecule has 0 aliphatic heterocycles. The molecule has 0 radical (unpaired) electrons. The molecule has 0 bridgehead atoms. The summed E-state index contributed by atoms with van der Waals surface area (Å²) in [5, 5.41) is 2.84. The largest absolute Gasteiger partial charge is 0.495 e. The number of hydrogen-bond donors (Lipinski definition) is 2. The van der Waals surface area contributed by atoms with Crippen molar-refractivity contribution in [2.24, 2.45) is 0 Å². The number of carbonyl (C=O) groups is 1. The minimum Gasteiger partial charge on any atom is -0.495 e. The summed E-state index contributed by atoms with van der Waals surface area (Å²) in [6.07, 6.45) is 0.773. The third-order valence-corrected chi connectivity index (χ3v) is 5.70. The number of halogens is 1. The Morgan fingerprint density at radius 3 is 2.58 bits per heavy atom. The number of ether oxygens (including phenoxy) is 1. The van der Waals surface area contributed by atoms with Crippen LogP contribution in [0.1, 0.15) is 30.6 Å². The van der Waals surface area contributed by atoms with Crippen molar-refractivity contribution < 1.29 is 17.9 Å². The molecule has 140 valence electrons. The standard InChI is InChI=1S/C18H21BrN2O4S/c1-4-12(2)20-18(22)14-7-5-6-8-15(14)21-26(23,24)17-11-13(19)9-10-16(17)25-3/h5-12,21H,4H2,1-3H3,(H,20,22)/t12-/m0/s1. The van der Waals surface area contributed by atoms with Crippen LogP contribution in [0.2, 0.25) is 0 Å². The van der Waals surface area contributed by atoms with Crippen LogP contribution in [0.4, 0.5) is 5.69 Å². The fourth-order valence-electron chi connectivity index (χ4n) is 2.23. The Morgan fingerprint density at radius 2 is 1.92 bits per heavy atom. The smallest absolute Gasteiger partial charge is 0.265 e. The summed E-state index contributed by atoms with van der Waals surface area (Å²) < 4.78 is 33.9. The van der Waals surface area contributed by atoms with Crippen molar-refractivity contribution in [1.82, 2.24) is 5.32 Å². The van der Waals surface area contributed by atoms with Crippen molar-refractivity contribution >= 4 is 37.5 Å². The van der Waals surface area contributed by atoms with Gasteiger partial charge in [0.05, 0.1) is 18.4 Å². The van der Waals surface area contributed by atoms with E-state index >= 15 is 0 Å². The molecule has 0 aromatic heterocycles. The summed E-state index contributed by atoms with van der Waals surface area (Å²) in [6.45, 7) is 3.84. The lowest BCUT2D eigenvalue weighted by molar-refractivity contribution is 0.0940. The average Bonchev–Trinajstić information content (AvgIpc) is 2.61. The molecule has 0 saturated heterocycles. The first-order valence-corrected chi connectivity index (χ1v) is 10.3. The molecule has 2 N–H and O–H groups in total. The summed E-state index contributed by atoms with van der Waals surface area (Å²) in [4.78, 5) is 12.4. The number of para-hydroxylation sites is 1. The Kier molecular flexibility index (Phi) is 6.66. The summed E-state index contributed by atoms with van der Waals surface area (Å²) in [5.41, 5.74) is 0.459. The first-order chi connectivity index (χ1) is 12.3. The van der Waals surface area contributed by atoms with Gasteiger partial charge in [-0.05, 0) is 43.7 Å². The van der Waals surface area contributed by atoms with Crippen LogP contribution in [0, 0.1) is 0 Å². The molecule has 0 unspecified atom stereocenters. The third kappa shape index (κ3) is 4.76. The van der Waals surface area contributed by atoms with Gasteiger partial charge in [0.15, 0.2) is 0 Å². The van der Waals surface area contributed by atoms with Crippen molar-refractivity contribution in [1.29, 1.82) is 0 Å².